The first kappa shape index (κ1) is 14.3. The Hall–Kier alpha value is -1.66. The van der Waals surface area contributed by atoms with E-state index >= 15 is 0 Å². The normalized spacial score (nSPS) is 21.5. The van der Waals surface area contributed by atoms with Gasteiger partial charge in [0.1, 0.15) is 5.58 Å². The first-order valence-corrected chi connectivity index (χ1v) is 8.72. The van der Waals surface area contributed by atoms with Gasteiger partial charge in [0.2, 0.25) is 0 Å². The van der Waals surface area contributed by atoms with Crippen LogP contribution in [0.3, 0.4) is 0 Å². The van der Waals surface area contributed by atoms with Gasteiger partial charge in [-0.1, -0.05) is 11.6 Å². The van der Waals surface area contributed by atoms with Crippen molar-refractivity contribution in [2.75, 3.05) is 18.1 Å². The fraction of sp³-hybridized carbons (Fsp3) is 0.400. The third kappa shape index (κ3) is 3.16. The molecule has 21 heavy (non-hydrogen) atoms. The Morgan fingerprint density at radius 3 is 2.95 bits per heavy atom. The first-order chi connectivity index (χ1) is 9.93. The molecule has 1 aliphatic heterocycles. The minimum atomic E-state index is -3.04. The number of carbonyl (C=O) groups is 1. The second-order valence-corrected chi connectivity index (χ2v) is 7.77. The Kier molecular flexibility index (Phi) is 3.59. The Morgan fingerprint density at radius 1 is 1.38 bits per heavy atom. The van der Waals surface area contributed by atoms with Crippen molar-refractivity contribution < 1.29 is 17.6 Å². The highest BCUT2D eigenvalue weighted by Gasteiger charge is 2.27. The fourth-order valence-electron chi connectivity index (χ4n) is 2.62. The molecule has 6 heteroatoms. The SMILES string of the molecule is Cc1ccc2oc(C(=O)CC3CS(=O)(=O)CCN3)cc2c1. The third-order valence-corrected chi connectivity index (χ3v) is 5.42. The molecule has 0 saturated carbocycles. The zero-order valence-corrected chi connectivity index (χ0v) is 12.6. The molecule has 0 spiro atoms. The number of aryl methyl sites for hydroxylation is 1. The molecule has 0 aliphatic carbocycles. The van der Waals surface area contributed by atoms with Crippen LogP contribution in [-0.4, -0.2) is 38.3 Å². The van der Waals surface area contributed by atoms with E-state index in [0.717, 1.165) is 10.9 Å². The summed E-state index contributed by atoms with van der Waals surface area (Å²) in [5.41, 5.74) is 1.77. The van der Waals surface area contributed by atoms with Crippen molar-refractivity contribution in [1.29, 1.82) is 0 Å². The van der Waals surface area contributed by atoms with Crippen LogP contribution >= 0.6 is 0 Å². The van der Waals surface area contributed by atoms with Crippen LogP contribution < -0.4 is 5.32 Å². The van der Waals surface area contributed by atoms with Gasteiger partial charge < -0.3 is 9.73 Å². The van der Waals surface area contributed by atoms with Crippen molar-refractivity contribution in [3.05, 3.63) is 35.6 Å². The van der Waals surface area contributed by atoms with Crippen LogP contribution in [-0.2, 0) is 9.84 Å². The van der Waals surface area contributed by atoms with Gasteiger partial charge in [-0.05, 0) is 25.1 Å². The largest absolute Gasteiger partial charge is 0.453 e. The van der Waals surface area contributed by atoms with Gasteiger partial charge in [-0.3, -0.25) is 4.79 Å². The molecule has 1 aromatic heterocycles. The molecule has 5 nitrogen and oxygen atoms in total. The van der Waals surface area contributed by atoms with Crippen molar-refractivity contribution >= 4 is 26.6 Å². The highest BCUT2D eigenvalue weighted by molar-refractivity contribution is 7.91. The predicted octanol–water partition coefficient (Wildman–Crippen LogP) is 1.70. The molecule has 1 saturated heterocycles. The minimum Gasteiger partial charge on any atom is -0.453 e. The van der Waals surface area contributed by atoms with Gasteiger partial charge in [0.25, 0.3) is 0 Å². The lowest BCUT2D eigenvalue weighted by atomic mass is 10.1. The summed E-state index contributed by atoms with van der Waals surface area (Å²) in [6, 6.07) is 7.12. The number of fused-ring (bicyclic) bond motifs is 1. The maximum absolute atomic E-state index is 12.2. The van der Waals surface area contributed by atoms with Crippen LogP contribution in [0.25, 0.3) is 11.0 Å². The Morgan fingerprint density at radius 2 is 2.19 bits per heavy atom. The van der Waals surface area contributed by atoms with E-state index in [1.54, 1.807) is 6.07 Å². The van der Waals surface area contributed by atoms with E-state index in [1.165, 1.54) is 0 Å². The summed E-state index contributed by atoms with van der Waals surface area (Å²) in [7, 11) is -3.04. The summed E-state index contributed by atoms with van der Waals surface area (Å²) in [5.74, 6) is 0.276. The first-order valence-electron chi connectivity index (χ1n) is 6.90. The van der Waals surface area contributed by atoms with Gasteiger partial charge in [-0.25, -0.2) is 8.42 Å². The van der Waals surface area contributed by atoms with Crippen LogP contribution in [0, 0.1) is 6.92 Å². The van der Waals surface area contributed by atoms with Gasteiger partial charge in [0.15, 0.2) is 21.4 Å². The molecule has 2 heterocycles. The van der Waals surface area contributed by atoms with Crippen molar-refractivity contribution in [3.8, 4) is 0 Å². The molecule has 3 rings (SSSR count). The lowest BCUT2D eigenvalue weighted by molar-refractivity contribution is 0.0947. The Bertz CT molecular complexity index is 791. The molecule has 1 aromatic carbocycles. The molecule has 0 amide bonds. The van der Waals surface area contributed by atoms with E-state index in [9.17, 15) is 13.2 Å². The number of rotatable bonds is 3. The number of carbonyl (C=O) groups excluding carboxylic acids is 1. The number of nitrogens with one attached hydrogen (secondary N) is 1. The molecule has 1 fully saturated rings. The van der Waals surface area contributed by atoms with Gasteiger partial charge in [0.05, 0.1) is 11.5 Å². The number of Topliss-reactive ketones (excluding diaryl/α,β-unsaturated/α-hetero) is 1. The van der Waals surface area contributed by atoms with E-state index in [-0.39, 0.29) is 29.8 Å². The summed E-state index contributed by atoms with van der Waals surface area (Å²) in [4.78, 5) is 12.2. The van der Waals surface area contributed by atoms with Crippen LogP contribution in [0.5, 0.6) is 0 Å². The maximum Gasteiger partial charge on any atom is 0.199 e. The summed E-state index contributed by atoms with van der Waals surface area (Å²) in [6.45, 7) is 2.38. The number of benzene rings is 1. The number of furan rings is 1. The number of ketones is 1. The topological polar surface area (TPSA) is 76.4 Å². The number of hydrogen-bond acceptors (Lipinski definition) is 5. The molecule has 1 unspecified atom stereocenters. The molecule has 1 atom stereocenters. The standard InChI is InChI=1S/C15H17NO4S/c1-10-2-3-14-11(6-10)7-15(20-14)13(17)8-12-9-21(18,19)5-4-16-12/h2-3,6-7,12,16H,4-5,8-9H2,1H3. The Balaban J connectivity index is 1.77. The van der Waals surface area contributed by atoms with E-state index in [1.807, 2.05) is 25.1 Å². The lowest BCUT2D eigenvalue weighted by Gasteiger charge is -2.22. The van der Waals surface area contributed by atoms with Crippen LogP contribution in [0.1, 0.15) is 22.5 Å². The van der Waals surface area contributed by atoms with Gasteiger partial charge in [-0.15, -0.1) is 0 Å². The summed E-state index contributed by atoms with van der Waals surface area (Å²) in [6.07, 6.45) is 0.137. The second-order valence-electron chi connectivity index (χ2n) is 5.54. The molecule has 112 valence electrons. The maximum atomic E-state index is 12.2. The fourth-order valence-corrected chi connectivity index (χ4v) is 4.07. The van der Waals surface area contributed by atoms with E-state index < -0.39 is 9.84 Å². The monoisotopic (exact) mass is 307 g/mol. The minimum absolute atomic E-state index is 0.0120. The molecule has 1 aliphatic rings. The molecule has 0 bridgehead atoms. The summed E-state index contributed by atoms with van der Waals surface area (Å²) >= 11 is 0. The average Bonchev–Trinajstić information content (AvgIpc) is 2.80. The summed E-state index contributed by atoms with van der Waals surface area (Å²) in [5, 5.41) is 3.97. The second kappa shape index (κ2) is 5.27. The molecular formula is C15H17NO4S. The van der Waals surface area contributed by atoms with Crippen LogP contribution in [0.15, 0.2) is 28.7 Å². The van der Waals surface area contributed by atoms with Gasteiger partial charge in [0, 0.05) is 24.4 Å². The number of sulfone groups is 1. The lowest BCUT2D eigenvalue weighted by Crippen LogP contribution is -2.45. The van der Waals surface area contributed by atoms with E-state index in [4.69, 9.17) is 4.42 Å². The highest BCUT2D eigenvalue weighted by Crippen LogP contribution is 2.22. The van der Waals surface area contributed by atoms with Crippen LogP contribution in [0.4, 0.5) is 0 Å². The highest BCUT2D eigenvalue weighted by atomic mass is 32.2. The van der Waals surface area contributed by atoms with Crippen molar-refractivity contribution in [3.63, 3.8) is 0 Å². The van der Waals surface area contributed by atoms with Gasteiger partial charge >= 0.3 is 0 Å². The number of hydrogen-bond donors (Lipinski definition) is 1. The van der Waals surface area contributed by atoms with Crippen molar-refractivity contribution in [2.45, 2.75) is 19.4 Å². The third-order valence-electron chi connectivity index (χ3n) is 3.68. The summed E-state index contributed by atoms with van der Waals surface area (Å²) < 4.78 is 28.7. The van der Waals surface area contributed by atoms with E-state index in [2.05, 4.69) is 5.32 Å². The predicted molar refractivity (Wildman–Crippen MR) is 80.3 cm³/mol. The van der Waals surface area contributed by atoms with E-state index in [0.29, 0.717) is 17.9 Å². The van der Waals surface area contributed by atoms with Gasteiger partial charge in [-0.2, -0.15) is 0 Å². The molecular weight excluding hydrogens is 290 g/mol. The smallest absolute Gasteiger partial charge is 0.199 e. The quantitative estimate of drug-likeness (QED) is 0.873. The molecule has 2 aromatic rings. The van der Waals surface area contributed by atoms with Crippen molar-refractivity contribution in [2.24, 2.45) is 0 Å². The zero-order chi connectivity index (χ0) is 15.0. The Labute approximate surface area is 123 Å². The average molecular weight is 307 g/mol. The van der Waals surface area contributed by atoms with Crippen LogP contribution in [0.2, 0.25) is 0 Å². The molecule has 0 radical (unpaired) electrons. The van der Waals surface area contributed by atoms with Crippen molar-refractivity contribution in [1.82, 2.24) is 5.32 Å². The zero-order valence-electron chi connectivity index (χ0n) is 11.8. The molecule has 1 N–H and O–H groups in total.